The molecule has 0 unspecified atom stereocenters. The Balaban J connectivity index is 1.77. The van der Waals surface area contributed by atoms with E-state index in [1.54, 1.807) is 22.7 Å². The second kappa shape index (κ2) is 5.01. The third kappa shape index (κ3) is 2.24. The first-order valence-corrected chi connectivity index (χ1v) is 7.47. The lowest BCUT2D eigenvalue weighted by Gasteiger charge is -2.16. The summed E-state index contributed by atoms with van der Waals surface area (Å²) in [5.41, 5.74) is 0.928. The molecule has 0 aromatic carbocycles. The monoisotopic (exact) mass is 291 g/mol. The van der Waals surface area contributed by atoms with Crippen LogP contribution in [0.5, 0.6) is 0 Å². The number of aryl methyl sites for hydroxylation is 3. The zero-order valence-corrected chi connectivity index (χ0v) is 12.6. The Kier molecular flexibility index (Phi) is 3.33. The lowest BCUT2D eigenvalue weighted by Crippen LogP contribution is -2.29. The van der Waals surface area contributed by atoms with E-state index < -0.39 is 0 Å². The van der Waals surface area contributed by atoms with E-state index in [0.717, 1.165) is 35.1 Å². The summed E-state index contributed by atoms with van der Waals surface area (Å²) in [6.07, 6.45) is 2.51. The van der Waals surface area contributed by atoms with Gasteiger partial charge in [0, 0.05) is 24.6 Å². The van der Waals surface area contributed by atoms with Gasteiger partial charge in [0.15, 0.2) is 0 Å². The average Bonchev–Trinajstić information content (AvgIpc) is 3.04. The van der Waals surface area contributed by atoms with Crippen molar-refractivity contribution >= 4 is 23.5 Å². The van der Waals surface area contributed by atoms with Crippen molar-refractivity contribution in [3.63, 3.8) is 0 Å². The molecule has 1 aliphatic rings. The van der Waals surface area contributed by atoms with Crippen molar-refractivity contribution in [3.05, 3.63) is 29.9 Å². The number of hydrogen-bond acceptors (Lipinski definition) is 4. The molecular formula is C14H17N3O2S. The van der Waals surface area contributed by atoms with Gasteiger partial charge in [0.2, 0.25) is 5.91 Å². The molecule has 20 heavy (non-hydrogen) atoms. The summed E-state index contributed by atoms with van der Waals surface area (Å²) in [7, 11) is 1.87. The van der Waals surface area contributed by atoms with E-state index in [-0.39, 0.29) is 11.2 Å². The van der Waals surface area contributed by atoms with Gasteiger partial charge in [-0.3, -0.25) is 14.4 Å². The molecule has 1 aliphatic heterocycles. The molecule has 0 N–H and O–H groups in total. The fraction of sp³-hybridized carbons (Fsp3) is 0.429. The van der Waals surface area contributed by atoms with E-state index in [1.807, 2.05) is 37.9 Å². The van der Waals surface area contributed by atoms with Crippen LogP contribution in [0.25, 0.3) is 0 Å². The van der Waals surface area contributed by atoms with Gasteiger partial charge in [-0.1, -0.05) is 0 Å². The minimum absolute atomic E-state index is 0.0403. The summed E-state index contributed by atoms with van der Waals surface area (Å²) in [5, 5.41) is 4.27. The molecule has 1 saturated heterocycles. The topological polar surface area (TPSA) is 51.3 Å². The lowest BCUT2D eigenvalue weighted by atomic mass is 10.4. The Morgan fingerprint density at radius 2 is 2.25 bits per heavy atom. The Hall–Kier alpha value is -1.69. The molecule has 0 aliphatic carbocycles. The zero-order valence-electron chi connectivity index (χ0n) is 11.8. The SMILES string of the molecule is Cc1cc(N2CC[C@@H](Sc3ccoc3C)C2=O)n(C)n1. The summed E-state index contributed by atoms with van der Waals surface area (Å²) in [4.78, 5) is 15.4. The number of carbonyl (C=O) groups excluding carboxylic acids is 1. The van der Waals surface area contributed by atoms with E-state index in [9.17, 15) is 4.79 Å². The third-order valence-corrected chi connectivity index (χ3v) is 4.89. The molecule has 0 radical (unpaired) electrons. The minimum atomic E-state index is -0.0403. The van der Waals surface area contributed by atoms with Crippen LogP contribution in [-0.2, 0) is 11.8 Å². The summed E-state index contributed by atoms with van der Waals surface area (Å²) >= 11 is 1.59. The molecule has 3 heterocycles. The minimum Gasteiger partial charge on any atom is -0.468 e. The molecule has 106 valence electrons. The molecule has 1 amide bonds. The first-order chi connectivity index (χ1) is 9.56. The second-order valence-electron chi connectivity index (χ2n) is 4.99. The quantitative estimate of drug-likeness (QED) is 0.872. The summed E-state index contributed by atoms with van der Waals surface area (Å²) in [6.45, 7) is 4.60. The average molecular weight is 291 g/mol. The molecule has 2 aromatic rings. The zero-order chi connectivity index (χ0) is 14.3. The summed E-state index contributed by atoms with van der Waals surface area (Å²) in [5.74, 6) is 1.90. The van der Waals surface area contributed by atoms with Crippen LogP contribution in [-0.4, -0.2) is 27.5 Å². The molecule has 6 heteroatoms. The number of hydrogen-bond donors (Lipinski definition) is 0. The van der Waals surface area contributed by atoms with E-state index in [2.05, 4.69) is 5.10 Å². The molecule has 3 rings (SSSR count). The predicted molar refractivity (Wildman–Crippen MR) is 78.0 cm³/mol. The normalized spacial score (nSPS) is 19.1. The van der Waals surface area contributed by atoms with Crippen LogP contribution in [0.1, 0.15) is 17.9 Å². The van der Waals surface area contributed by atoms with Gasteiger partial charge in [-0.15, -0.1) is 11.8 Å². The van der Waals surface area contributed by atoms with Crippen molar-refractivity contribution in [2.45, 2.75) is 30.4 Å². The standard InChI is InChI=1S/C14H17N3O2S/c1-9-8-13(16(3)15-9)17-6-4-12(14(17)18)20-11-5-7-19-10(11)2/h5,7-8,12H,4,6H2,1-3H3/t12-/m1/s1. The van der Waals surface area contributed by atoms with Gasteiger partial charge in [-0.05, 0) is 26.3 Å². The van der Waals surface area contributed by atoms with Crippen molar-refractivity contribution < 1.29 is 9.21 Å². The van der Waals surface area contributed by atoms with Crippen molar-refractivity contribution in [3.8, 4) is 0 Å². The molecule has 5 nitrogen and oxygen atoms in total. The predicted octanol–water partition coefficient (Wildman–Crippen LogP) is 2.53. The lowest BCUT2D eigenvalue weighted by molar-refractivity contribution is -0.116. The highest BCUT2D eigenvalue weighted by Crippen LogP contribution is 2.34. The van der Waals surface area contributed by atoms with Crippen LogP contribution in [0, 0.1) is 13.8 Å². The molecule has 1 atom stereocenters. The van der Waals surface area contributed by atoms with Crippen molar-refractivity contribution in [1.82, 2.24) is 9.78 Å². The Bertz CT molecular complexity index is 647. The molecule has 0 bridgehead atoms. The highest BCUT2D eigenvalue weighted by molar-refractivity contribution is 8.00. The summed E-state index contributed by atoms with van der Waals surface area (Å²) in [6, 6.07) is 3.87. The highest BCUT2D eigenvalue weighted by atomic mass is 32.2. The molecule has 2 aromatic heterocycles. The molecule has 1 fully saturated rings. The maximum atomic E-state index is 12.5. The van der Waals surface area contributed by atoms with Crippen molar-refractivity contribution in [2.24, 2.45) is 7.05 Å². The number of thioether (sulfide) groups is 1. The number of rotatable bonds is 3. The second-order valence-corrected chi connectivity index (χ2v) is 6.24. The van der Waals surface area contributed by atoms with Gasteiger partial charge in [0.05, 0.1) is 17.2 Å². The van der Waals surface area contributed by atoms with E-state index in [4.69, 9.17) is 4.42 Å². The van der Waals surface area contributed by atoms with Crippen LogP contribution < -0.4 is 4.90 Å². The Morgan fingerprint density at radius 1 is 1.45 bits per heavy atom. The van der Waals surface area contributed by atoms with E-state index in [0.29, 0.717) is 0 Å². The largest absolute Gasteiger partial charge is 0.468 e. The van der Waals surface area contributed by atoms with E-state index >= 15 is 0 Å². The van der Waals surface area contributed by atoms with Gasteiger partial charge < -0.3 is 4.42 Å². The molecule has 0 spiro atoms. The number of nitrogens with zero attached hydrogens (tertiary/aromatic N) is 3. The van der Waals surface area contributed by atoms with Gasteiger partial charge >= 0.3 is 0 Å². The van der Waals surface area contributed by atoms with Crippen molar-refractivity contribution in [2.75, 3.05) is 11.4 Å². The Morgan fingerprint density at radius 3 is 2.85 bits per heavy atom. The Labute approximate surface area is 121 Å². The maximum absolute atomic E-state index is 12.5. The van der Waals surface area contributed by atoms with Gasteiger partial charge in [0.1, 0.15) is 11.6 Å². The number of furan rings is 1. The van der Waals surface area contributed by atoms with Gasteiger partial charge in [0.25, 0.3) is 0 Å². The summed E-state index contributed by atoms with van der Waals surface area (Å²) < 4.78 is 7.05. The van der Waals surface area contributed by atoms with Crippen LogP contribution in [0.2, 0.25) is 0 Å². The van der Waals surface area contributed by atoms with Crippen LogP contribution >= 0.6 is 11.8 Å². The van der Waals surface area contributed by atoms with Crippen LogP contribution in [0.3, 0.4) is 0 Å². The fourth-order valence-electron chi connectivity index (χ4n) is 2.49. The van der Waals surface area contributed by atoms with Crippen molar-refractivity contribution in [1.29, 1.82) is 0 Å². The maximum Gasteiger partial charge on any atom is 0.241 e. The van der Waals surface area contributed by atoms with Crippen LogP contribution in [0.4, 0.5) is 5.82 Å². The number of carbonyl (C=O) groups is 1. The molecule has 0 saturated carbocycles. The number of anilines is 1. The highest BCUT2D eigenvalue weighted by Gasteiger charge is 2.35. The smallest absolute Gasteiger partial charge is 0.241 e. The third-order valence-electron chi connectivity index (χ3n) is 3.49. The van der Waals surface area contributed by atoms with Gasteiger partial charge in [-0.25, -0.2) is 0 Å². The van der Waals surface area contributed by atoms with Crippen LogP contribution in [0.15, 0.2) is 27.7 Å². The van der Waals surface area contributed by atoms with E-state index in [1.165, 1.54) is 0 Å². The first-order valence-electron chi connectivity index (χ1n) is 6.59. The fourth-order valence-corrected chi connectivity index (χ4v) is 3.60. The molecular weight excluding hydrogens is 274 g/mol. The first kappa shape index (κ1) is 13.3. The number of aromatic nitrogens is 2. The van der Waals surface area contributed by atoms with Gasteiger partial charge in [-0.2, -0.15) is 5.10 Å². The number of amides is 1.